The van der Waals surface area contributed by atoms with Gasteiger partial charge in [-0.2, -0.15) is 0 Å². The first-order valence-electron chi connectivity index (χ1n) is 21.9. The highest BCUT2D eigenvalue weighted by atomic mass is 16.7. The van der Waals surface area contributed by atoms with Crippen molar-refractivity contribution < 1.29 is 76.8 Å². The van der Waals surface area contributed by atoms with Crippen molar-refractivity contribution in [2.24, 2.45) is 17.8 Å². The van der Waals surface area contributed by atoms with E-state index in [1.807, 2.05) is 26.8 Å². The molecule has 0 saturated carbocycles. The van der Waals surface area contributed by atoms with Gasteiger partial charge in [-0.05, 0) is 72.0 Å². The fourth-order valence-electron chi connectivity index (χ4n) is 8.46. The van der Waals surface area contributed by atoms with Crippen molar-refractivity contribution in [1.29, 1.82) is 0 Å². The van der Waals surface area contributed by atoms with Crippen LogP contribution in [0.2, 0.25) is 0 Å². The van der Waals surface area contributed by atoms with Crippen molar-refractivity contribution in [3.8, 4) is 0 Å². The van der Waals surface area contributed by atoms with Crippen LogP contribution in [0.3, 0.4) is 0 Å². The number of hydrogen-bond donors (Lipinski definition) is 2. The van der Waals surface area contributed by atoms with Gasteiger partial charge in [0, 0.05) is 46.1 Å². The molecule has 0 spiro atoms. The van der Waals surface area contributed by atoms with Gasteiger partial charge in [-0.3, -0.25) is 19.2 Å². The molecule has 2 saturated heterocycles. The summed E-state index contributed by atoms with van der Waals surface area (Å²) in [5, 5.41) is 23.7. The highest BCUT2D eigenvalue weighted by molar-refractivity contribution is 5.72. The Bertz CT molecular complexity index is 1520. The van der Waals surface area contributed by atoms with E-state index in [0.29, 0.717) is 12.7 Å². The number of nitrogens with zero attached hydrogens (tertiary/aromatic N) is 1. The van der Waals surface area contributed by atoms with Gasteiger partial charge in [-0.15, -0.1) is 0 Å². The largest absolute Gasteiger partial charge is 0.462 e. The van der Waals surface area contributed by atoms with E-state index in [1.165, 1.54) is 14.0 Å². The number of aldehydes is 1. The molecule has 0 aromatic carbocycles. The van der Waals surface area contributed by atoms with Crippen molar-refractivity contribution in [3.05, 3.63) is 24.3 Å². The van der Waals surface area contributed by atoms with Crippen LogP contribution in [-0.4, -0.2) is 152 Å². The molecule has 0 bridgehead atoms. The molecule has 0 aliphatic carbocycles. The lowest BCUT2D eigenvalue weighted by Crippen LogP contribution is -2.66. The van der Waals surface area contributed by atoms with E-state index in [0.717, 1.165) is 0 Å². The molecule has 17 nitrogen and oxygen atoms in total. The molecular weight excluding hydrogens is 810 g/mol. The molecule has 0 amide bonds. The molecule has 3 aliphatic heterocycles. The Labute approximate surface area is 367 Å². The van der Waals surface area contributed by atoms with Crippen LogP contribution in [-0.2, 0) is 66.6 Å². The minimum atomic E-state index is -1.51. The number of carbonyl (C=O) groups excluding carboxylic acids is 5. The zero-order valence-corrected chi connectivity index (χ0v) is 38.6. The van der Waals surface area contributed by atoms with Crippen LogP contribution in [0.1, 0.15) is 107 Å². The van der Waals surface area contributed by atoms with Crippen molar-refractivity contribution in [1.82, 2.24) is 4.90 Å². The van der Waals surface area contributed by atoms with Crippen molar-refractivity contribution in [2.75, 3.05) is 21.2 Å². The van der Waals surface area contributed by atoms with Crippen LogP contribution < -0.4 is 0 Å². The van der Waals surface area contributed by atoms with Gasteiger partial charge in [0.2, 0.25) is 0 Å². The van der Waals surface area contributed by atoms with Crippen LogP contribution in [0, 0.1) is 17.8 Å². The van der Waals surface area contributed by atoms with Crippen LogP contribution >= 0.6 is 0 Å². The lowest BCUT2D eigenvalue weighted by molar-refractivity contribution is -0.344. The number of aliphatic hydroxyl groups excluding tert-OH is 1. The molecule has 2 fully saturated rings. The smallest absolute Gasteiger partial charge is 0.309 e. The van der Waals surface area contributed by atoms with E-state index in [9.17, 15) is 34.2 Å². The van der Waals surface area contributed by atoms with E-state index >= 15 is 0 Å². The Morgan fingerprint density at radius 1 is 0.984 bits per heavy atom. The number of likely N-dealkylation sites (N-methyl/N-ethyl adjacent to an activating group) is 1. The number of hydrogen-bond acceptors (Lipinski definition) is 17. The van der Waals surface area contributed by atoms with Gasteiger partial charge >= 0.3 is 23.9 Å². The van der Waals surface area contributed by atoms with Gasteiger partial charge in [0.25, 0.3) is 0 Å². The topological polar surface area (TPSA) is 212 Å². The first-order chi connectivity index (χ1) is 29.1. The number of allylic oxidation sites excluding steroid dienone is 2. The van der Waals surface area contributed by atoms with Crippen molar-refractivity contribution >= 4 is 30.2 Å². The number of methoxy groups -OCH3 is 1. The second-order valence-electron chi connectivity index (χ2n) is 17.8. The van der Waals surface area contributed by atoms with E-state index < -0.39 is 127 Å². The number of aliphatic hydroxyl groups is 2. The maximum atomic E-state index is 13.4. The molecule has 0 aromatic heterocycles. The van der Waals surface area contributed by atoms with Gasteiger partial charge < -0.3 is 62.5 Å². The van der Waals surface area contributed by atoms with E-state index in [2.05, 4.69) is 0 Å². The number of cyclic esters (lactones) is 1. The molecule has 3 heterocycles. The predicted octanol–water partition coefficient (Wildman–Crippen LogP) is 3.97. The van der Waals surface area contributed by atoms with E-state index in [4.69, 9.17) is 42.6 Å². The number of esters is 4. The Hall–Kier alpha value is -3.29. The number of ether oxygens (including phenoxy) is 9. The standard InChI is InChI=1S/C45H73NO16/c1-13-34(49)59-32-18-16-14-15-17-27(5)55-36(51)23-33(58-30(8)48)42(54-12)41(31(19-20-47)22-26(32)4)62-44-39(52)38(46(10)11)40(28(6)57-44)61-37-24-45(9,53)43(29(7)56-37)60-35(50)21-25(2)3/h14-16,18,20,25-29,31-33,37-44,52-53H,13,17,19,21-24H2,1-12H3/b15-14+,18-16?/t26-,27-,28-,29+,31+,32+,33-,37+,38-,39-,40-,41+,42+,43+,44+,45-/m1/s1. The number of rotatable bonds is 14. The SMILES string of the molecule is CCC(=O)O[C@H]1C=C/C=C/C[C@@H](C)OC(=O)C[C@@H](OC(C)=O)[C@H](OC)[C@@H](O[C@@H]2O[C@H](C)[C@@H](O[C@H]3C[C@@](C)(O)[C@@H](OC(=O)CC(C)C)[C@H](C)O3)[C@H](N(C)C)[C@H]2O)[C@@H](CC=O)C[C@H]1C. The van der Waals surface area contributed by atoms with Gasteiger partial charge in [0.15, 0.2) is 18.7 Å². The predicted molar refractivity (Wildman–Crippen MR) is 224 cm³/mol. The molecule has 16 atom stereocenters. The molecule has 2 N–H and O–H groups in total. The summed E-state index contributed by atoms with van der Waals surface area (Å²) >= 11 is 0. The summed E-state index contributed by atoms with van der Waals surface area (Å²) in [4.78, 5) is 65.3. The van der Waals surface area contributed by atoms with Crippen LogP contribution in [0.4, 0.5) is 0 Å². The molecule has 3 aliphatic rings. The summed E-state index contributed by atoms with van der Waals surface area (Å²) in [6.07, 6.45) is -3.95. The summed E-state index contributed by atoms with van der Waals surface area (Å²) in [6, 6.07) is -0.804. The van der Waals surface area contributed by atoms with Gasteiger partial charge in [-0.25, -0.2) is 0 Å². The molecule has 0 aromatic rings. The Morgan fingerprint density at radius 2 is 1.68 bits per heavy atom. The lowest BCUT2D eigenvalue weighted by Gasteiger charge is -2.50. The van der Waals surface area contributed by atoms with Crippen LogP contribution in [0.25, 0.3) is 0 Å². The summed E-state index contributed by atoms with van der Waals surface area (Å²) in [5.41, 5.74) is -1.51. The summed E-state index contributed by atoms with van der Waals surface area (Å²) in [5.74, 6) is -3.31. The minimum Gasteiger partial charge on any atom is -0.462 e. The molecule has 0 unspecified atom stereocenters. The molecule has 0 radical (unpaired) electrons. The average molecular weight is 884 g/mol. The highest BCUT2D eigenvalue weighted by Gasteiger charge is 2.53. The quantitative estimate of drug-likeness (QED) is 0.144. The first-order valence-corrected chi connectivity index (χ1v) is 21.9. The highest BCUT2D eigenvalue weighted by Crippen LogP contribution is 2.38. The molecule has 17 heteroatoms. The third-order valence-corrected chi connectivity index (χ3v) is 11.4. The van der Waals surface area contributed by atoms with Gasteiger partial charge in [0.1, 0.15) is 48.5 Å². The van der Waals surface area contributed by atoms with E-state index in [-0.39, 0.29) is 38.0 Å². The van der Waals surface area contributed by atoms with Gasteiger partial charge in [0.05, 0.1) is 30.8 Å². The molecule has 354 valence electrons. The zero-order chi connectivity index (χ0) is 46.5. The Morgan fingerprint density at radius 3 is 2.26 bits per heavy atom. The fourth-order valence-corrected chi connectivity index (χ4v) is 8.46. The third-order valence-electron chi connectivity index (χ3n) is 11.4. The maximum absolute atomic E-state index is 13.4. The molecule has 3 rings (SSSR count). The fraction of sp³-hybridized carbons (Fsp3) is 0.800. The monoisotopic (exact) mass is 883 g/mol. The van der Waals surface area contributed by atoms with Crippen LogP contribution in [0.5, 0.6) is 0 Å². The third kappa shape index (κ3) is 15.5. The number of carbonyl (C=O) groups is 5. The molecular formula is C45H73NO16. The Kier molecular flexibility index (Phi) is 21.1. The normalized spacial score (nSPS) is 38.2. The van der Waals surface area contributed by atoms with Crippen LogP contribution in [0.15, 0.2) is 24.3 Å². The zero-order valence-electron chi connectivity index (χ0n) is 38.6. The Balaban J connectivity index is 2.03. The maximum Gasteiger partial charge on any atom is 0.309 e. The lowest BCUT2D eigenvalue weighted by atomic mass is 9.82. The minimum absolute atomic E-state index is 0.0572. The summed E-state index contributed by atoms with van der Waals surface area (Å²) in [7, 11) is 4.85. The second-order valence-corrected chi connectivity index (χ2v) is 17.8. The second kappa shape index (κ2) is 24.7. The first kappa shape index (κ1) is 53.1. The summed E-state index contributed by atoms with van der Waals surface area (Å²) < 4.78 is 54.7. The van der Waals surface area contributed by atoms with Crippen molar-refractivity contribution in [2.45, 2.75) is 193 Å². The van der Waals surface area contributed by atoms with Crippen molar-refractivity contribution in [3.63, 3.8) is 0 Å². The van der Waals surface area contributed by atoms with E-state index in [1.54, 1.807) is 71.8 Å². The average Bonchev–Trinajstić information content (AvgIpc) is 3.15. The van der Waals surface area contributed by atoms with Gasteiger partial charge in [-0.1, -0.05) is 45.9 Å². The summed E-state index contributed by atoms with van der Waals surface area (Å²) in [6.45, 7) is 15.2. The molecule has 62 heavy (non-hydrogen) atoms.